The molecule has 0 amide bonds. The van der Waals surface area contributed by atoms with Crippen LogP contribution in [0.1, 0.15) is 16.1 Å². The number of aromatic nitrogens is 1. The van der Waals surface area contributed by atoms with E-state index in [-0.39, 0.29) is 23.9 Å². The lowest BCUT2D eigenvalue weighted by Gasteiger charge is -2.29. The summed E-state index contributed by atoms with van der Waals surface area (Å²) in [6.07, 6.45) is 1.40. The van der Waals surface area contributed by atoms with Crippen LogP contribution in [0.15, 0.2) is 53.1 Å². The molecule has 1 aliphatic rings. The number of hydrogen-bond acceptors (Lipinski definition) is 6. The van der Waals surface area contributed by atoms with Gasteiger partial charge in [0.1, 0.15) is 12.0 Å². The largest absolute Gasteiger partial charge is 0.432 e. The molecule has 0 atom stereocenters. The third kappa shape index (κ3) is 4.03. The minimum absolute atomic E-state index is 0.0206. The highest BCUT2D eigenvalue weighted by Crippen LogP contribution is 2.28. The predicted octanol–water partition coefficient (Wildman–Crippen LogP) is 3.41. The lowest BCUT2D eigenvalue weighted by molar-refractivity contribution is 0.0988. The van der Waals surface area contributed by atoms with Crippen LogP contribution in [0.2, 0.25) is 5.02 Å². The normalized spacial score (nSPS) is 14.2. The highest BCUT2D eigenvalue weighted by Gasteiger charge is 2.15. The molecule has 3 aromatic rings. The number of oxazole rings is 1. The van der Waals surface area contributed by atoms with E-state index in [1.165, 1.54) is 12.0 Å². The van der Waals surface area contributed by atoms with Crippen molar-refractivity contribution in [3.63, 3.8) is 0 Å². The predicted molar refractivity (Wildman–Crippen MR) is 111 cm³/mol. The summed E-state index contributed by atoms with van der Waals surface area (Å²) < 4.78 is 4.91. The molecule has 0 aliphatic carbocycles. The van der Waals surface area contributed by atoms with Gasteiger partial charge >= 0.3 is 0 Å². The summed E-state index contributed by atoms with van der Waals surface area (Å²) in [6, 6.07) is 14.2. The van der Waals surface area contributed by atoms with Gasteiger partial charge in [-0.05, 0) is 41.0 Å². The highest BCUT2D eigenvalue weighted by atomic mass is 35.5. The van der Waals surface area contributed by atoms with Gasteiger partial charge in [-0.3, -0.25) is 4.79 Å². The van der Waals surface area contributed by atoms with E-state index in [0.717, 1.165) is 42.9 Å². The van der Waals surface area contributed by atoms with E-state index < -0.39 is 0 Å². The molecule has 4 rings (SSSR count). The molecule has 0 bridgehead atoms. The van der Waals surface area contributed by atoms with E-state index in [0.29, 0.717) is 5.02 Å². The van der Waals surface area contributed by atoms with Crippen molar-refractivity contribution in [3.05, 3.63) is 65.0 Å². The number of Topliss-reactive ketones (excluding diaryl/α,β-unsaturated/α-hetero) is 1. The molecule has 3 N–H and O–H groups in total. The number of nitrogens with one attached hydrogen (secondary N) is 1. The van der Waals surface area contributed by atoms with E-state index in [1.807, 2.05) is 18.2 Å². The van der Waals surface area contributed by atoms with E-state index in [2.05, 4.69) is 39.5 Å². The van der Waals surface area contributed by atoms with Gasteiger partial charge in [-0.1, -0.05) is 29.8 Å². The molecule has 2 heterocycles. The molecule has 6 nitrogen and oxygen atoms in total. The molecule has 7 heteroatoms. The molecule has 1 aliphatic heterocycles. The Balaban J connectivity index is 1.53. The zero-order chi connectivity index (χ0) is 19.5. The van der Waals surface area contributed by atoms with Crippen LogP contribution < -0.4 is 16.0 Å². The third-order valence-electron chi connectivity index (χ3n) is 4.89. The van der Waals surface area contributed by atoms with Crippen molar-refractivity contribution < 1.29 is 9.21 Å². The lowest BCUT2D eigenvalue weighted by atomic mass is 9.99. The number of carbonyl (C=O) groups excluding carboxylic acids is 1. The number of nitrogens with two attached hydrogens (primary N) is 1. The van der Waals surface area contributed by atoms with Crippen LogP contribution in [-0.4, -0.2) is 36.9 Å². The molecule has 1 fully saturated rings. The van der Waals surface area contributed by atoms with Crippen molar-refractivity contribution in [2.24, 2.45) is 0 Å². The molecule has 2 aromatic carbocycles. The van der Waals surface area contributed by atoms with E-state index in [9.17, 15) is 4.79 Å². The molecule has 0 unspecified atom stereocenters. The maximum Gasteiger partial charge on any atom is 0.292 e. The summed E-state index contributed by atoms with van der Waals surface area (Å²) in [5.41, 5.74) is 9.71. The van der Waals surface area contributed by atoms with Gasteiger partial charge < -0.3 is 20.4 Å². The quantitative estimate of drug-likeness (QED) is 0.643. The van der Waals surface area contributed by atoms with Crippen LogP contribution in [0, 0.1) is 0 Å². The number of rotatable bonds is 5. The molecular weight excluding hydrogens is 376 g/mol. The molecular formula is C21H21ClN4O2. The lowest BCUT2D eigenvalue weighted by Crippen LogP contribution is -2.43. The summed E-state index contributed by atoms with van der Waals surface area (Å²) in [5.74, 6) is -0.187. The number of hydrogen-bond donors (Lipinski definition) is 2. The summed E-state index contributed by atoms with van der Waals surface area (Å²) in [6.45, 7) is 4.04. The van der Waals surface area contributed by atoms with Gasteiger partial charge in [0.05, 0.1) is 0 Å². The first-order valence-electron chi connectivity index (χ1n) is 9.19. The van der Waals surface area contributed by atoms with Crippen LogP contribution in [0.4, 0.5) is 11.7 Å². The monoisotopic (exact) mass is 396 g/mol. The van der Waals surface area contributed by atoms with Gasteiger partial charge in [0.15, 0.2) is 5.78 Å². The SMILES string of the molecule is Nc1nc(C(=O)Cc2cc(-c3ccc(N4CCNCC4)cc3)ccc2Cl)co1. The van der Waals surface area contributed by atoms with Crippen LogP contribution in [0.3, 0.4) is 0 Å². The fraction of sp³-hybridized carbons (Fsp3) is 0.238. The van der Waals surface area contributed by atoms with Gasteiger partial charge in [-0.2, -0.15) is 4.98 Å². The highest BCUT2D eigenvalue weighted by molar-refractivity contribution is 6.31. The van der Waals surface area contributed by atoms with Crippen molar-refractivity contribution in [2.75, 3.05) is 36.8 Å². The van der Waals surface area contributed by atoms with Crippen molar-refractivity contribution >= 4 is 29.1 Å². The first kappa shape index (κ1) is 18.5. The average molecular weight is 397 g/mol. The second-order valence-corrected chi connectivity index (χ2v) is 7.17. The number of nitrogens with zero attached hydrogens (tertiary/aromatic N) is 2. The van der Waals surface area contributed by atoms with E-state index >= 15 is 0 Å². The Morgan fingerprint density at radius 1 is 1.14 bits per heavy atom. The van der Waals surface area contributed by atoms with Gasteiger partial charge in [0, 0.05) is 43.3 Å². The molecule has 0 spiro atoms. The van der Waals surface area contributed by atoms with Crippen molar-refractivity contribution in [1.82, 2.24) is 10.3 Å². The first-order chi connectivity index (χ1) is 13.6. The zero-order valence-corrected chi connectivity index (χ0v) is 16.1. The molecule has 0 radical (unpaired) electrons. The Labute approximate surface area is 168 Å². The Kier molecular flexibility index (Phi) is 5.32. The van der Waals surface area contributed by atoms with Gasteiger partial charge in [-0.15, -0.1) is 0 Å². The number of halogens is 1. The van der Waals surface area contributed by atoms with Gasteiger partial charge in [0.2, 0.25) is 0 Å². The second-order valence-electron chi connectivity index (χ2n) is 6.76. The maximum absolute atomic E-state index is 12.4. The molecule has 1 saturated heterocycles. The smallest absolute Gasteiger partial charge is 0.292 e. The number of ketones is 1. The third-order valence-corrected chi connectivity index (χ3v) is 5.26. The van der Waals surface area contributed by atoms with Crippen molar-refractivity contribution in [1.29, 1.82) is 0 Å². The zero-order valence-electron chi connectivity index (χ0n) is 15.3. The standard InChI is InChI=1S/C21H21ClN4O2/c22-18-6-3-15(11-16(18)12-20(27)19-13-28-21(23)25-19)14-1-4-17(5-2-14)26-9-7-24-8-10-26/h1-6,11,13,24H,7-10,12H2,(H2,23,25). The maximum atomic E-state index is 12.4. The summed E-state index contributed by atoms with van der Waals surface area (Å²) >= 11 is 6.31. The number of piperazine rings is 1. The fourth-order valence-electron chi connectivity index (χ4n) is 3.36. The number of nitrogen functional groups attached to an aromatic ring is 1. The van der Waals surface area contributed by atoms with E-state index in [1.54, 1.807) is 0 Å². The van der Waals surface area contributed by atoms with Crippen molar-refractivity contribution in [3.8, 4) is 11.1 Å². The first-order valence-corrected chi connectivity index (χ1v) is 9.57. The average Bonchev–Trinajstić information content (AvgIpc) is 3.17. The van der Waals surface area contributed by atoms with Gasteiger partial charge in [-0.25, -0.2) is 0 Å². The van der Waals surface area contributed by atoms with Crippen LogP contribution in [0.5, 0.6) is 0 Å². The van der Waals surface area contributed by atoms with Gasteiger partial charge in [0.25, 0.3) is 6.01 Å². The molecule has 144 valence electrons. The molecule has 0 saturated carbocycles. The molecule has 28 heavy (non-hydrogen) atoms. The number of carbonyl (C=O) groups is 1. The van der Waals surface area contributed by atoms with Crippen LogP contribution in [-0.2, 0) is 6.42 Å². The summed E-state index contributed by atoms with van der Waals surface area (Å²) in [7, 11) is 0. The number of benzene rings is 2. The number of anilines is 2. The van der Waals surface area contributed by atoms with Crippen LogP contribution >= 0.6 is 11.6 Å². The summed E-state index contributed by atoms with van der Waals surface area (Å²) in [5, 5.41) is 3.91. The fourth-order valence-corrected chi connectivity index (χ4v) is 3.54. The summed E-state index contributed by atoms with van der Waals surface area (Å²) in [4.78, 5) is 18.7. The van der Waals surface area contributed by atoms with Crippen molar-refractivity contribution in [2.45, 2.75) is 6.42 Å². The Morgan fingerprint density at radius 2 is 1.86 bits per heavy atom. The minimum atomic E-state index is -0.187. The second kappa shape index (κ2) is 8.04. The Bertz CT molecular complexity index is 978. The van der Waals surface area contributed by atoms with E-state index in [4.69, 9.17) is 21.8 Å². The Morgan fingerprint density at radius 3 is 2.54 bits per heavy atom. The topological polar surface area (TPSA) is 84.4 Å². The molecule has 1 aromatic heterocycles. The minimum Gasteiger partial charge on any atom is -0.432 e. The van der Waals surface area contributed by atoms with Crippen LogP contribution in [0.25, 0.3) is 11.1 Å². The Hall–Kier alpha value is -2.83.